The summed E-state index contributed by atoms with van der Waals surface area (Å²) < 4.78 is 0. The molecule has 0 aromatic rings. The molecule has 0 atom stereocenters. The SMILES string of the molecule is [Cl][Nd].[Li][CH2]CCC. The van der Waals surface area contributed by atoms with E-state index < -0.39 is 0 Å². The van der Waals surface area contributed by atoms with Crippen molar-refractivity contribution in [1.82, 2.24) is 0 Å². The molecule has 0 fully saturated rings. The predicted octanol–water partition coefficient (Wildman–Crippen LogP) is 2.06. The molecule has 0 spiro atoms. The van der Waals surface area contributed by atoms with Crippen LogP contribution in [0, 0.1) is 37.2 Å². The van der Waals surface area contributed by atoms with Crippen LogP contribution in [0.3, 0.4) is 0 Å². The maximum atomic E-state index is 4.78. The van der Waals surface area contributed by atoms with Crippen LogP contribution in [0.5, 0.6) is 0 Å². The molecule has 0 bridgehead atoms. The number of hydrogen-bond acceptors (Lipinski definition) is 0. The Morgan fingerprint density at radius 3 is 2.00 bits per heavy atom. The van der Waals surface area contributed by atoms with Gasteiger partial charge in [0.2, 0.25) is 0 Å². The molecule has 7 heavy (non-hydrogen) atoms. The molecule has 0 aliphatic carbocycles. The third kappa shape index (κ3) is 17.8. The summed E-state index contributed by atoms with van der Waals surface area (Å²) in [4.78, 5) is 0. The van der Waals surface area contributed by atoms with E-state index in [1.54, 1.807) is 0 Å². The average Bonchev–Trinajstić information content (AvgIpc) is 1.75. The predicted molar refractivity (Wildman–Crippen MR) is 31.3 cm³/mol. The van der Waals surface area contributed by atoms with Crippen molar-refractivity contribution in [3.8, 4) is 0 Å². The molecule has 37 valence electrons. The third-order valence-corrected chi connectivity index (χ3v) is 0.707. The normalized spacial score (nSPS) is 6.71. The van der Waals surface area contributed by atoms with E-state index >= 15 is 0 Å². The molecule has 3 heteroatoms. The van der Waals surface area contributed by atoms with Crippen molar-refractivity contribution in [1.29, 1.82) is 0 Å². The Balaban J connectivity index is 0. The molecule has 0 amide bonds. The molecule has 0 heterocycles. The molecule has 0 radical (unpaired) electrons. The summed E-state index contributed by atoms with van der Waals surface area (Å²) in [6, 6.07) is 0. The monoisotopic (exact) mass is 241 g/mol. The average molecular weight is 244 g/mol. The van der Waals surface area contributed by atoms with Gasteiger partial charge in [-0.2, -0.15) is 0 Å². The molecule has 0 saturated heterocycles. The van der Waals surface area contributed by atoms with Gasteiger partial charge in [-0.3, -0.25) is 0 Å². The van der Waals surface area contributed by atoms with Gasteiger partial charge in [0, 0.05) is 0 Å². The van der Waals surface area contributed by atoms with Crippen LogP contribution >= 0.6 is 5.80 Å². The van der Waals surface area contributed by atoms with Gasteiger partial charge in [0.05, 0.1) is 0 Å². The molecule has 0 aliphatic rings. The summed E-state index contributed by atoms with van der Waals surface area (Å²) in [6.07, 6.45) is 2.73. The first-order chi connectivity index (χ1) is 3.41. The van der Waals surface area contributed by atoms with Crippen LogP contribution in [0.25, 0.3) is 0 Å². The van der Waals surface area contributed by atoms with Gasteiger partial charge in [-0.05, 0) is 0 Å². The van der Waals surface area contributed by atoms with Crippen molar-refractivity contribution in [2.75, 3.05) is 0 Å². The van der Waals surface area contributed by atoms with Crippen molar-refractivity contribution < 1.29 is 37.2 Å². The quantitative estimate of drug-likeness (QED) is 0.652. The van der Waals surface area contributed by atoms with Gasteiger partial charge in [0.15, 0.2) is 0 Å². The molecule has 0 rings (SSSR count). The van der Waals surface area contributed by atoms with Gasteiger partial charge in [0.1, 0.15) is 0 Å². The Morgan fingerprint density at radius 1 is 1.57 bits per heavy atom. The van der Waals surface area contributed by atoms with E-state index in [9.17, 15) is 0 Å². The van der Waals surface area contributed by atoms with Crippen LogP contribution in [-0.2, 0) is 0 Å². The number of rotatable bonds is 2. The van der Waals surface area contributed by atoms with E-state index in [0.717, 1.165) is 37.2 Å². The molecule has 0 N–H and O–H groups in total. The first-order valence-corrected chi connectivity index (χ1v) is 6.62. The van der Waals surface area contributed by atoms with Crippen molar-refractivity contribution in [3.63, 3.8) is 0 Å². The molecular weight excluding hydrogens is 235 g/mol. The molecule has 0 aromatic heterocycles. The Hall–Kier alpha value is 2.24. The van der Waals surface area contributed by atoms with Crippen molar-refractivity contribution in [3.05, 3.63) is 0 Å². The fraction of sp³-hybridized carbons (Fsp3) is 1.00. The summed E-state index contributed by atoms with van der Waals surface area (Å²) in [5.41, 5.74) is 0. The summed E-state index contributed by atoms with van der Waals surface area (Å²) in [6.45, 7) is 2.21. The van der Waals surface area contributed by atoms with Gasteiger partial charge in [0.25, 0.3) is 0 Å². The first kappa shape index (κ1) is 12.0. The van der Waals surface area contributed by atoms with Gasteiger partial charge < -0.3 is 0 Å². The fourth-order valence-electron chi connectivity index (χ4n) is 0.354. The van der Waals surface area contributed by atoms with Crippen LogP contribution in [0.15, 0.2) is 0 Å². The van der Waals surface area contributed by atoms with Crippen LogP contribution in [0.4, 0.5) is 0 Å². The summed E-state index contributed by atoms with van der Waals surface area (Å²) in [5.74, 6) is 4.78. The minimum absolute atomic E-state index is 0.778. The molecule has 0 aromatic carbocycles. The zero-order chi connectivity index (χ0) is 6.12. The Kier molecular flexibility index (Phi) is 26.9. The fourth-order valence-corrected chi connectivity index (χ4v) is 0.354. The number of halogens is 1. The first-order valence-electron chi connectivity index (χ1n) is 2.60. The van der Waals surface area contributed by atoms with E-state index in [4.69, 9.17) is 5.80 Å². The van der Waals surface area contributed by atoms with E-state index in [1.807, 2.05) is 0 Å². The van der Waals surface area contributed by atoms with Gasteiger partial charge in [-0.1, -0.05) is 0 Å². The second-order valence-corrected chi connectivity index (χ2v) is 1.35. The van der Waals surface area contributed by atoms with Crippen molar-refractivity contribution in [2.24, 2.45) is 0 Å². The summed E-state index contributed by atoms with van der Waals surface area (Å²) >= 11 is 2.99. The molecule has 0 saturated carbocycles. The van der Waals surface area contributed by atoms with E-state index in [0.29, 0.717) is 0 Å². The van der Waals surface area contributed by atoms with Gasteiger partial charge in [-0.25, -0.2) is 0 Å². The zero-order valence-corrected chi connectivity index (χ0v) is 8.96. The zero-order valence-electron chi connectivity index (χ0n) is 5.00. The van der Waals surface area contributed by atoms with Crippen LogP contribution in [-0.4, -0.2) is 17.7 Å². The Morgan fingerprint density at radius 2 is 2.00 bits per heavy atom. The standard InChI is InChI=1S/C4H9.ClH.Li.Nd/c1-3-4-2;;;/h1,3-4H2,2H3;1H;;/q;;;+1/p-1. The second-order valence-electron chi connectivity index (χ2n) is 1.35. The molecular formula is C4H9ClLiNd. The summed E-state index contributed by atoms with van der Waals surface area (Å²) in [5, 5.41) is 1.34. The maximum absolute atomic E-state index is 4.78. The Labute approximate surface area is 84.1 Å². The van der Waals surface area contributed by atoms with Crippen molar-refractivity contribution in [2.45, 2.75) is 24.9 Å². The second kappa shape index (κ2) is 15.7. The molecule has 0 unspecified atom stereocenters. The van der Waals surface area contributed by atoms with Gasteiger partial charge in [-0.15, -0.1) is 0 Å². The van der Waals surface area contributed by atoms with Crippen LogP contribution in [0.2, 0.25) is 5.09 Å². The van der Waals surface area contributed by atoms with Crippen LogP contribution < -0.4 is 0 Å². The number of hydrogen-bond donors (Lipinski definition) is 0. The van der Waals surface area contributed by atoms with Gasteiger partial charge >= 0.3 is 85.6 Å². The van der Waals surface area contributed by atoms with Crippen LogP contribution in [0.1, 0.15) is 19.8 Å². The Bertz CT molecular complexity index is 19.2. The van der Waals surface area contributed by atoms with E-state index in [1.165, 1.54) is 17.9 Å². The van der Waals surface area contributed by atoms with Crippen molar-refractivity contribution >= 4 is 23.5 Å². The molecule has 0 aliphatic heterocycles. The van der Waals surface area contributed by atoms with E-state index in [2.05, 4.69) is 24.6 Å². The molecule has 0 nitrogen and oxygen atoms in total. The third-order valence-electron chi connectivity index (χ3n) is 0.707. The summed E-state index contributed by atoms with van der Waals surface area (Å²) in [7, 11) is 0. The minimum atomic E-state index is 0.778. The topological polar surface area (TPSA) is 0 Å². The van der Waals surface area contributed by atoms with E-state index in [-0.39, 0.29) is 0 Å². The number of unbranched alkanes of at least 4 members (excludes halogenated alkanes) is 1.